The molecule has 0 aromatic rings. The molecule has 1 fully saturated rings. The van der Waals surface area contributed by atoms with Crippen molar-refractivity contribution in [3.8, 4) is 0 Å². The van der Waals surface area contributed by atoms with E-state index in [9.17, 15) is 0 Å². The highest BCUT2D eigenvalue weighted by Crippen LogP contribution is 2.47. The van der Waals surface area contributed by atoms with Crippen molar-refractivity contribution in [2.75, 3.05) is 0 Å². The van der Waals surface area contributed by atoms with Crippen LogP contribution in [0.4, 0.5) is 0 Å². The lowest BCUT2D eigenvalue weighted by atomic mass is 9.61. The predicted molar refractivity (Wildman–Crippen MR) is 59.7 cm³/mol. The summed E-state index contributed by atoms with van der Waals surface area (Å²) in [5.74, 6) is 2.76. The Bertz CT molecular complexity index is 155. The standard InChI is InChI=1S/C13H26/c1-10(2)9-12-8-6-7-11(3)13(12,4)5/h10-12H,6-9H2,1-5H3. The summed E-state index contributed by atoms with van der Waals surface area (Å²) in [5.41, 5.74) is 0.586. The van der Waals surface area contributed by atoms with E-state index in [-0.39, 0.29) is 0 Å². The fourth-order valence-electron chi connectivity index (χ4n) is 2.81. The topological polar surface area (TPSA) is 0 Å². The molecule has 0 N–H and O–H groups in total. The van der Waals surface area contributed by atoms with Crippen LogP contribution < -0.4 is 0 Å². The van der Waals surface area contributed by atoms with Crippen molar-refractivity contribution < 1.29 is 0 Å². The molecule has 2 atom stereocenters. The van der Waals surface area contributed by atoms with Gasteiger partial charge in [0.2, 0.25) is 0 Å². The highest BCUT2D eigenvalue weighted by Gasteiger charge is 2.37. The van der Waals surface area contributed by atoms with Crippen LogP contribution >= 0.6 is 0 Å². The van der Waals surface area contributed by atoms with E-state index in [1.807, 2.05) is 0 Å². The minimum Gasteiger partial charge on any atom is -0.0628 e. The predicted octanol–water partition coefficient (Wildman–Crippen LogP) is 4.49. The first-order valence-corrected chi connectivity index (χ1v) is 5.94. The van der Waals surface area contributed by atoms with E-state index in [2.05, 4.69) is 34.6 Å². The Morgan fingerprint density at radius 3 is 2.38 bits per heavy atom. The summed E-state index contributed by atoms with van der Waals surface area (Å²) in [6.07, 6.45) is 5.80. The van der Waals surface area contributed by atoms with Crippen LogP contribution in [-0.2, 0) is 0 Å². The number of hydrogen-bond donors (Lipinski definition) is 0. The first-order chi connectivity index (χ1) is 5.94. The molecule has 1 rings (SSSR count). The fourth-order valence-corrected chi connectivity index (χ4v) is 2.81. The molecule has 0 aromatic carbocycles. The molecular weight excluding hydrogens is 156 g/mol. The maximum atomic E-state index is 2.48. The highest BCUT2D eigenvalue weighted by molar-refractivity contribution is 4.87. The second kappa shape index (κ2) is 4.02. The minimum absolute atomic E-state index is 0.586. The van der Waals surface area contributed by atoms with E-state index in [0.29, 0.717) is 5.41 Å². The second-order valence-electron chi connectivity index (χ2n) is 5.98. The van der Waals surface area contributed by atoms with Gasteiger partial charge >= 0.3 is 0 Å². The van der Waals surface area contributed by atoms with E-state index in [0.717, 1.165) is 17.8 Å². The zero-order chi connectivity index (χ0) is 10.1. The van der Waals surface area contributed by atoms with Crippen LogP contribution in [0.5, 0.6) is 0 Å². The quantitative estimate of drug-likeness (QED) is 0.590. The van der Waals surface area contributed by atoms with E-state index < -0.39 is 0 Å². The van der Waals surface area contributed by atoms with Crippen LogP contribution in [-0.4, -0.2) is 0 Å². The van der Waals surface area contributed by atoms with Crippen LogP contribution in [0.15, 0.2) is 0 Å². The average molecular weight is 182 g/mol. The molecule has 1 aliphatic rings. The molecule has 0 aromatic heterocycles. The lowest BCUT2D eigenvalue weighted by Crippen LogP contribution is -2.35. The van der Waals surface area contributed by atoms with Crippen LogP contribution in [0, 0.1) is 23.2 Å². The van der Waals surface area contributed by atoms with Gasteiger partial charge in [0.05, 0.1) is 0 Å². The molecule has 13 heavy (non-hydrogen) atoms. The molecule has 1 saturated carbocycles. The third kappa shape index (κ3) is 2.48. The van der Waals surface area contributed by atoms with Crippen molar-refractivity contribution >= 4 is 0 Å². The summed E-state index contributed by atoms with van der Waals surface area (Å²) in [4.78, 5) is 0. The lowest BCUT2D eigenvalue weighted by molar-refractivity contribution is 0.0561. The maximum Gasteiger partial charge on any atom is -0.0300 e. The largest absolute Gasteiger partial charge is 0.0628 e. The van der Waals surface area contributed by atoms with Gasteiger partial charge in [-0.2, -0.15) is 0 Å². The van der Waals surface area contributed by atoms with Crippen molar-refractivity contribution in [3.63, 3.8) is 0 Å². The van der Waals surface area contributed by atoms with Gasteiger partial charge in [-0.05, 0) is 36.0 Å². The monoisotopic (exact) mass is 182 g/mol. The van der Waals surface area contributed by atoms with Gasteiger partial charge in [-0.25, -0.2) is 0 Å². The Hall–Kier alpha value is 0. The molecular formula is C13H26. The average Bonchev–Trinajstić information content (AvgIpc) is 1.99. The number of rotatable bonds is 2. The number of hydrogen-bond acceptors (Lipinski definition) is 0. The Morgan fingerprint density at radius 2 is 1.85 bits per heavy atom. The minimum atomic E-state index is 0.586. The summed E-state index contributed by atoms with van der Waals surface area (Å²) in [5, 5.41) is 0. The molecule has 78 valence electrons. The second-order valence-corrected chi connectivity index (χ2v) is 5.98. The van der Waals surface area contributed by atoms with Gasteiger partial charge in [0.15, 0.2) is 0 Å². The summed E-state index contributed by atoms with van der Waals surface area (Å²) in [6, 6.07) is 0. The van der Waals surface area contributed by atoms with Crippen molar-refractivity contribution in [1.29, 1.82) is 0 Å². The smallest absolute Gasteiger partial charge is 0.0300 e. The molecule has 0 spiro atoms. The van der Waals surface area contributed by atoms with Gasteiger partial charge in [0.1, 0.15) is 0 Å². The SMILES string of the molecule is CC(C)CC1CCCC(C)C1(C)C. The molecule has 0 aliphatic heterocycles. The molecule has 2 unspecified atom stereocenters. The maximum absolute atomic E-state index is 2.48. The third-order valence-corrected chi connectivity index (χ3v) is 4.27. The summed E-state index contributed by atoms with van der Waals surface area (Å²) in [6.45, 7) is 12.1. The molecule has 0 radical (unpaired) electrons. The van der Waals surface area contributed by atoms with Crippen molar-refractivity contribution in [3.05, 3.63) is 0 Å². The van der Waals surface area contributed by atoms with E-state index in [1.54, 1.807) is 0 Å². The van der Waals surface area contributed by atoms with Crippen molar-refractivity contribution in [2.24, 2.45) is 23.2 Å². The Labute approximate surface area is 84.1 Å². The molecule has 0 saturated heterocycles. The van der Waals surface area contributed by atoms with Gasteiger partial charge in [0, 0.05) is 0 Å². The van der Waals surface area contributed by atoms with Gasteiger partial charge in [0.25, 0.3) is 0 Å². The molecule has 0 amide bonds. The van der Waals surface area contributed by atoms with E-state index in [1.165, 1.54) is 25.7 Å². The molecule has 0 bridgehead atoms. The summed E-state index contributed by atoms with van der Waals surface area (Å²) >= 11 is 0. The van der Waals surface area contributed by atoms with Crippen LogP contribution in [0.1, 0.15) is 60.3 Å². The zero-order valence-corrected chi connectivity index (χ0v) is 10.1. The van der Waals surface area contributed by atoms with Crippen LogP contribution in [0.2, 0.25) is 0 Å². The van der Waals surface area contributed by atoms with Crippen molar-refractivity contribution in [2.45, 2.75) is 60.3 Å². The summed E-state index contributed by atoms with van der Waals surface area (Å²) < 4.78 is 0. The van der Waals surface area contributed by atoms with Gasteiger partial charge in [-0.3, -0.25) is 0 Å². The molecule has 0 heterocycles. The fraction of sp³-hybridized carbons (Fsp3) is 1.00. The van der Waals surface area contributed by atoms with Crippen molar-refractivity contribution in [1.82, 2.24) is 0 Å². The highest BCUT2D eigenvalue weighted by atomic mass is 14.4. The Balaban J connectivity index is 2.61. The summed E-state index contributed by atoms with van der Waals surface area (Å²) in [7, 11) is 0. The third-order valence-electron chi connectivity index (χ3n) is 4.27. The first kappa shape index (κ1) is 11.1. The Kier molecular flexibility index (Phi) is 3.43. The van der Waals surface area contributed by atoms with Gasteiger partial charge in [-0.1, -0.05) is 47.5 Å². The first-order valence-electron chi connectivity index (χ1n) is 5.94. The van der Waals surface area contributed by atoms with Gasteiger partial charge in [-0.15, -0.1) is 0 Å². The molecule has 0 heteroatoms. The van der Waals surface area contributed by atoms with Crippen LogP contribution in [0.3, 0.4) is 0 Å². The molecule has 0 nitrogen and oxygen atoms in total. The normalized spacial score (nSPS) is 33.7. The Morgan fingerprint density at radius 1 is 1.23 bits per heavy atom. The molecule has 1 aliphatic carbocycles. The van der Waals surface area contributed by atoms with Gasteiger partial charge < -0.3 is 0 Å². The van der Waals surface area contributed by atoms with Crippen LogP contribution in [0.25, 0.3) is 0 Å². The lowest BCUT2D eigenvalue weighted by Gasteiger charge is -2.44. The van der Waals surface area contributed by atoms with E-state index in [4.69, 9.17) is 0 Å². The zero-order valence-electron chi connectivity index (χ0n) is 10.1. The van der Waals surface area contributed by atoms with E-state index >= 15 is 0 Å².